The lowest BCUT2D eigenvalue weighted by atomic mass is 10.2. The molecule has 7 heteroatoms. The maximum Gasteiger partial charge on any atom is 0.437 e. The third kappa shape index (κ3) is 3.14. The zero-order valence-electron chi connectivity index (χ0n) is 10.1. The molecule has 17 heavy (non-hydrogen) atoms. The number of ether oxygens (including phenoxy) is 1. The van der Waals surface area contributed by atoms with Gasteiger partial charge in [0.2, 0.25) is 0 Å². The van der Waals surface area contributed by atoms with Crippen LogP contribution in [-0.2, 0) is 4.74 Å². The van der Waals surface area contributed by atoms with E-state index in [9.17, 15) is 4.79 Å². The van der Waals surface area contributed by atoms with Gasteiger partial charge in [0.05, 0.1) is 10.6 Å². The number of hydrogen-bond donors (Lipinski definition) is 1. The Morgan fingerprint density at radius 3 is 2.65 bits per heavy atom. The van der Waals surface area contributed by atoms with Gasteiger partial charge in [0.25, 0.3) is 0 Å². The molecule has 0 radical (unpaired) electrons. The van der Waals surface area contributed by atoms with Crippen molar-refractivity contribution in [1.82, 2.24) is 9.78 Å². The average molecular weight is 254 g/mol. The summed E-state index contributed by atoms with van der Waals surface area (Å²) in [5.41, 5.74) is 5.65. The van der Waals surface area contributed by atoms with Gasteiger partial charge in [0, 0.05) is 0 Å². The quantitative estimate of drug-likeness (QED) is 0.609. The largest absolute Gasteiger partial charge is 0.442 e. The Labute approximate surface area is 104 Å². The van der Waals surface area contributed by atoms with Crippen LogP contribution in [0.5, 0.6) is 0 Å². The summed E-state index contributed by atoms with van der Waals surface area (Å²) in [6, 6.07) is 0. The van der Waals surface area contributed by atoms with Crippen LogP contribution in [0.3, 0.4) is 0 Å². The smallest absolute Gasteiger partial charge is 0.437 e. The highest BCUT2D eigenvalue weighted by molar-refractivity contribution is 8.03. The fourth-order valence-corrected chi connectivity index (χ4v) is 1.62. The molecule has 0 atom stereocenters. The number of hydrogen-bond acceptors (Lipinski definition) is 6. The maximum absolute atomic E-state index is 11.8. The topological polar surface area (TPSA) is 93.9 Å². The number of aryl methyl sites for hydroxylation is 1. The first kappa shape index (κ1) is 13.4. The number of nitrogen functional groups attached to an aromatic ring is 1. The van der Waals surface area contributed by atoms with Crippen molar-refractivity contribution < 1.29 is 9.53 Å². The minimum absolute atomic E-state index is 0.128. The summed E-state index contributed by atoms with van der Waals surface area (Å²) in [5, 5.41) is 14.5. The fraction of sp³-hybridized carbons (Fsp3) is 0.500. The van der Waals surface area contributed by atoms with Gasteiger partial charge in [-0.15, -0.1) is 4.68 Å². The SMILES string of the molecule is Cc1nn(C(=O)OC(C)(C)C)c(N)c1SC#N. The lowest BCUT2D eigenvalue weighted by Gasteiger charge is -2.19. The van der Waals surface area contributed by atoms with E-state index in [1.165, 1.54) is 0 Å². The normalized spacial score (nSPS) is 11.0. The number of nitrogens with zero attached hydrogens (tertiary/aromatic N) is 3. The van der Waals surface area contributed by atoms with Crippen LogP contribution in [0.15, 0.2) is 4.90 Å². The maximum atomic E-state index is 11.8. The van der Waals surface area contributed by atoms with Gasteiger partial charge < -0.3 is 10.5 Å². The molecule has 0 aliphatic rings. The molecule has 0 unspecified atom stereocenters. The number of rotatable bonds is 1. The van der Waals surface area contributed by atoms with E-state index in [1.54, 1.807) is 27.7 Å². The zero-order chi connectivity index (χ0) is 13.2. The Bertz CT molecular complexity index is 482. The molecule has 0 spiro atoms. The van der Waals surface area contributed by atoms with Gasteiger partial charge in [0.15, 0.2) is 0 Å². The van der Waals surface area contributed by atoms with Crippen molar-refractivity contribution in [3.8, 4) is 5.40 Å². The second kappa shape index (κ2) is 4.67. The van der Waals surface area contributed by atoms with E-state index in [1.807, 2.05) is 5.40 Å². The number of thioether (sulfide) groups is 1. The van der Waals surface area contributed by atoms with Crippen molar-refractivity contribution in [3.63, 3.8) is 0 Å². The van der Waals surface area contributed by atoms with E-state index in [2.05, 4.69) is 5.10 Å². The first-order chi connectivity index (χ1) is 7.76. The van der Waals surface area contributed by atoms with Crippen LogP contribution >= 0.6 is 11.8 Å². The van der Waals surface area contributed by atoms with Gasteiger partial charge in [0.1, 0.15) is 16.8 Å². The molecule has 0 aromatic carbocycles. The lowest BCUT2D eigenvalue weighted by Crippen LogP contribution is -2.28. The Kier molecular flexibility index (Phi) is 3.68. The third-order valence-electron chi connectivity index (χ3n) is 1.75. The van der Waals surface area contributed by atoms with E-state index >= 15 is 0 Å². The zero-order valence-corrected chi connectivity index (χ0v) is 11.0. The molecular formula is C10H14N4O2S. The van der Waals surface area contributed by atoms with Crippen LogP contribution in [0, 0.1) is 17.6 Å². The molecule has 1 aromatic heterocycles. The van der Waals surface area contributed by atoms with Crippen molar-refractivity contribution in [3.05, 3.63) is 5.69 Å². The first-order valence-corrected chi connectivity index (χ1v) is 5.72. The Morgan fingerprint density at radius 1 is 1.59 bits per heavy atom. The summed E-state index contributed by atoms with van der Waals surface area (Å²) < 4.78 is 6.11. The molecule has 6 nitrogen and oxygen atoms in total. The fourth-order valence-electron chi connectivity index (χ4n) is 1.15. The standard InChI is InChI=1S/C10H14N4O2S/c1-6-7(17-5-11)8(12)14(13-6)9(15)16-10(2,3)4/h12H2,1-4H3. The Hall–Kier alpha value is -1.68. The molecule has 0 bridgehead atoms. The predicted octanol–water partition coefficient (Wildman–Crippen LogP) is 2.13. The molecule has 0 aliphatic carbocycles. The molecule has 0 fully saturated rings. The molecule has 92 valence electrons. The van der Waals surface area contributed by atoms with Gasteiger partial charge in [-0.05, 0) is 39.5 Å². The first-order valence-electron chi connectivity index (χ1n) is 4.90. The molecule has 1 heterocycles. The van der Waals surface area contributed by atoms with Gasteiger partial charge >= 0.3 is 6.09 Å². The monoisotopic (exact) mass is 254 g/mol. The second-order valence-corrected chi connectivity index (χ2v) is 5.18. The minimum atomic E-state index is -0.650. The molecular weight excluding hydrogens is 240 g/mol. The number of nitriles is 1. The highest BCUT2D eigenvalue weighted by atomic mass is 32.2. The molecule has 0 aliphatic heterocycles. The van der Waals surface area contributed by atoms with Crippen molar-refractivity contribution >= 4 is 23.7 Å². The molecule has 0 saturated heterocycles. The van der Waals surface area contributed by atoms with Crippen molar-refractivity contribution in [2.75, 3.05) is 5.73 Å². The molecule has 0 saturated carbocycles. The van der Waals surface area contributed by atoms with Crippen LogP contribution in [0.4, 0.5) is 10.6 Å². The average Bonchev–Trinajstić information content (AvgIpc) is 2.43. The van der Waals surface area contributed by atoms with Crippen LogP contribution in [0.25, 0.3) is 0 Å². The van der Waals surface area contributed by atoms with Crippen molar-refractivity contribution in [2.45, 2.75) is 38.2 Å². The molecule has 1 aromatic rings. The molecule has 1 rings (SSSR count). The van der Waals surface area contributed by atoms with E-state index in [4.69, 9.17) is 15.7 Å². The van der Waals surface area contributed by atoms with Crippen LogP contribution < -0.4 is 5.73 Å². The summed E-state index contributed by atoms with van der Waals surface area (Å²) in [4.78, 5) is 12.2. The summed E-state index contributed by atoms with van der Waals surface area (Å²) in [6.45, 7) is 6.93. The lowest BCUT2D eigenvalue weighted by molar-refractivity contribution is 0.0518. The Morgan fingerprint density at radius 2 is 2.18 bits per heavy atom. The van der Waals surface area contributed by atoms with E-state index < -0.39 is 11.7 Å². The van der Waals surface area contributed by atoms with Crippen LogP contribution in [0.2, 0.25) is 0 Å². The van der Waals surface area contributed by atoms with E-state index in [0.29, 0.717) is 10.6 Å². The Balaban J connectivity index is 3.05. The van der Waals surface area contributed by atoms with Gasteiger partial charge in [-0.25, -0.2) is 4.79 Å². The number of carbonyl (C=O) groups excluding carboxylic acids is 1. The summed E-state index contributed by atoms with van der Waals surface area (Å²) >= 11 is 0.874. The summed E-state index contributed by atoms with van der Waals surface area (Å²) in [7, 11) is 0. The highest BCUT2D eigenvalue weighted by Gasteiger charge is 2.23. The van der Waals surface area contributed by atoms with Crippen molar-refractivity contribution in [2.24, 2.45) is 0 Å². The number of thiocyanates is 1. The molecule has 0 amide bonds. The van der Waals surface area contributed by atoms with Gasteiger partial charge in [-0.3, -0.25) is 0 Å². The number of anilines is 1. The van der Waals surface area contributed by atoms with E-state index in [0.717, 1.165) is 16.4 Å². The highest BCUT2D eigenvalue weighted by Crippen LogP contribution is 2.28. The summed E-state index contributed by atoms with van der Waals surface area (Å²) in [6.07, 6.45) is -0.650. The van der Waals surface area contributed by atoms with Gasteiger partial charge in [-0.2, -0.15) is 10.4 Å². The van der Waals surface area contributed by atoms with Gasteiger partial charge in [-0.1, -0.05) is 0 Å². The van der Waals surface area contributed by atoms with Crippen molar-refractivity contribution in [1.29, 1.82) is 5.26 Å². The number of aromatic nitrogens is 2. The van der Waals surface area contributed by atoms with E-state index in [-0.39, 0.29) is 5.82 Å². The minimum Gasteiger partial charge on any atom is -0.442 e. The second-order valence-electron chi connectivity index (χ2n) is 4.39. The number of carbonyl (C=O) groups is 1. The molecule has 2 N–H and O–H groups in total. The predicted molar refractivity (Wildman–Crippen MR) is 64.5 cm³/mol. The van der Waals surface area contributed by atoms with Crippen LogP contribution in [0.1, 0.15) is 26.5 Å². The van der Waals surface area contributed by atoms with Crippen LogP contribution in [-0.4, -0.2) is 21.5 Å². The third-order valence-corrected chi connectivity index (χ3v) is 2.55. The summed E-state index contributed by atoms with van der Waals surface area (Å²) in [5.74, 6) is 0.128. The number of nitrogens with two attached hydrogens (primary N) is 1.